The Bertz CT molecular complexity index is 531. The number of ether oxygens (including phenoxy) is 2. The smallest absolute Gasteiger partial charge is 0.338 e. The number of methoxy groups -OCH3 is 1. The van der Waals surface area contributed by atoms with Gasteiger partial charge in [0.05, 0.1) is 28.8 Å². The summed E-state index contributed by atoms with van der Waals surface area (Å²) in [5, 5.41) is 19.7. The number of aliphatic hydroxyl groups is 2. The molecule has 1 aromatic rings. The molecule has 6 nitrogen and oxygen atoms in total. The van der Waals surface area contributed by atoms with Gasteiger partial charge in [0, 0.05) is 12.5 Å². The van der Waals surface area contributed by atoms with E-state index >= 15 is 0 Å². The highest BCUT2D eigenvalue weighted by Gasteiger charge is 2.21. The second kappa shape index (κ2) is 10.3. The maximum Gasteiger partial charge on any atom is 0.338 e. The SMILES string of the molecule is COC(=O)/C=C/[C@H](O)C[C@H](O)[C@@H](I)COC(=O)c1ccccc1. The lowest BCUT2D eigenvalue weighted by Gasteiger charge is -2.19. The Morgan fingerprint density at radius 2 is 1.91 bits per heavy atom. The molecular weight excluding hydrogens is 415 g/mol. The third kappa shape index (κ3) is 7.58. The first-order chi connectivity index (χ1) is 10.9. The molecule has 0 aromatic heterocycles. The molecular formula is C16H19IO6. The van der Waals surface area contributed by atoms with Gasteiger partial charge in [-0.2, -0.15) is 0 Å². The molecule has 0 amide bonds. The van der Waals surface area contributed by atoms with Gasteiger partial charge >= 0.3 is 11.9 Å². The molecule has 126 valence electrons. The number of rotatable bonds is 8. The van der Waals surface area contributed by atoms with Crippen molar-refractivity contribution in [2.75, 3.05) is 13.7 Å². The molecule has 0 fully saturated rings. The van der Waals surface area contributed by atoms with Crippen molar-refractivity contribution >= 4 is 34.5 Å². The van der Waals surface area contributed by atoms with Crippen molar-refractivity contribution in [3.05, 3.63) is 48.0 Å². The van der Waals surface area contributed by atoms with Gasteiger partial charge in [0.15, 0.2) is 0 Å². The van der Waals surface area contributed by atoms with E-state index in [9.17, 15) is 19.8 Å². The minimum Gasteiger partial charge on any atom is -0.466 e. The molecule has 0 radical (unpaired) electrons. The Kier molecular flexibility index (Phi) is 8.82. The highest BCUT2D eigenvalue weighted by molar-refractivity contribution is 14.1. The molecule has 23 heavy (non-hydrogen) atoms. The molecule has 0 unspecified atom stereocenters. The van der Waals surface area contributed by atoms with Crippen LogP contribution in [0.1, 0.15) is 16.8 Å². The summed E-state index contributed by atoms with van der Waals surface area (Å²) in [5.41, 5.74) is 0.437. The van der Waals surface area contributed by atoms with Crippen LogP contribution >= 0.6 is 22.6 Å². The lowest BCUT2D eigenvalue weighted by Crippen LogP contribution is -2.29. The molecule has 0 aliphatic heterocycles. The molecule has 0 heterocycles. The average molecular weight is 434 g/mol. The zero-order chi connectivity index (χ0) is 17.2. The highest BCUT2D eigenvalue weighted by Crippen LogP contribution is 2.14. The van der Waals surface area contributed by atoms with E-state index in [4.69, 9.17) is 4.74 Å². The summed E-state index contributed by atoms with van der Waals surface area (Å²) in [6, 6.07) is 8.55. The van der Waals surface area contributed by atoms with Gasteiger partial charge in [0.1, 0.15) is 6.61 Å². The number of esters is 2. The third-order valence-corrected chi connectivity index (χ3v) is 4.13. The van der Waals surface area contributed by atoms with Crippen molar-refractivity contribution in [1.82, 2.24) is 0 Å². The first kappa shape index (κ1) is 19.6. The molecule has 7 heteroatoms. The van der Waals surface area contributed by atoms with Gasteiger partial charge in [-0.15, -0.1) is 0 Å². The summed E-state index contributed by atoms with van der Waals surface area (Å²) >= 11 is 1.95. The Balaban J connectivity index is 2.39. The van der Waals surface area contributed by atoms with Crippen LogP contribution in [0, 0.1) is 0 Å². The van der Waals surface area contributed by atoms with E-state index in [1.54, 1.807) is 30.3 Å². The summed E-state index contributed by atoms with van der Waals surface area (Å²) in [5.74, 6) is -1.05. The van der Waals surface area contributed by atoms with E-state index < -0.39 is 24.1 Å². The molecule has 0 aliphatic rings. The average Bonchev–Trinajstić information content (AvgIpc) is 2.57. The number of benzene rings is 1. The number of carbonyl (C=O) groups is 2. The quantitative estimate of drug-likeness (QED) is 0.279. The summed E-state index contributed by atoms with van der Waals surface area (Å²) in [7, 11) is 1.23. The van der Waals surface area contributed by atoms with Gasteiger partial charge in [-0.05, 0) is 18.2 Å². The molecule has 0 bridgehead atoms. The second-order valence-electron chi connectivity index (χ2n) is 4.73. The second-order valence-corrected chi connectivity index (χ2v) is 6.33. The van der Waals surface area contributed by atoms with Gasteiger partial charge in [-0.25, -0.2) is 9.59 Å². The number of halogens is 1. The first-order valence-corrected chi connectivity index (χ1v) is 8.17. The van der Waals surface area contributed by atoms with Crippen LogP contribution in [0.15, 0.2) is 42.5 Å². The van der Waals surface area contributed by atoms with E-state index in [0.717, 1.165) is 6.08 Å². The van der Waals surface area contributed by atoms with E-state index in [-0.39, 0.29) is 17.0 Å². The van der Waals surface area contributed by atoms with Gasteiger partial charge in [0.25, 0.3) is 0 Å². The zero-order valence-electron chi connectivity index (χ0n) is 12.6. The maximum absolute atomic E-state index is 11.8. The van der Waals surface area contributed by atoms with Crippen LogP contribution in [0.4, 0.5) is 0 Å². The molecule has 0 spiro atoms. The van der Waals surface area contributed by atoms with Crippen LogP contribution in [0.2, 0.25) is 0 Å². The monoisotopic (exact) mass is 434 g/mol. The van der Waals surface area contributed by atoms with Crippen molar-refractivity contribution in [3.8, 4) is 0 Å². The number of aliphatic hydroxyl groups excluding tert-OH is 2. The summed E-state index contributed by atoms with van der Waals surface area (Å²) in [6.07, 6.45) is 0.468. The van der Waals surface area contributed by atoms with Crippen LogP contribution in [-0.4, -0.2) is 52.0 Å². The largest absolute Gasteiger partial charge is 0.466 e. The van der Waals surface area contributed by atoms with E-state index in [0.29, 0.717) is 5.56 Å². The number of alkyl halides is 1. The lowest BCUT2D eigenvalue weighted by molar-refractivity contribution is -0.134. The molecule has 0 saturated carbocycles. The third-order valence-electron chi connectivity index (χ3n) is 2.94. The lowest BCUT2D eigenvalue weighted by atomic mass is 10.1. The van der Waals surface area contributed by atoms with Crippen molar-refractivity contribution in [3.63, 3.8) is 0 Å². The van der Waals surface area contributed by atoms with Crippen molar-refractivity contribution < 1.29 is 29.3 Å². The van der Waals surface area contributed by atoms with Crippen molar-refractivity contribution in [2.24, 2.45) is 0 Å². The fraction of sp³-hybridized carbons (Fsp3) is 0.375. The van der Waals surface area contributed by atoms with Crippen molar-refractivity contribution in [2.45, 2.75) is 22.6 Å². The standard InChI is InChI=1S/C16H19IO6/c1-22-15(20)8-7-12(18)9-14(19)13(17)10-23-16(21)11-5-3-2-4-6-11/h2-8,12-14,18-19H,9-10H2,1H3/b8-7+/t12-,13-,14-/m0/s1. The molecule has 2 N–H and O–H groups in total. The van der Waals surface area contributed by atoms with E-state index in [1.165, 1.54) is 13.2 Å². The van der Waals surface area contributed by atoms with E-state index in [2.05, 4.69) is 4.74 Å². The predicted octanol–water partition coefficient (Wildman–Crippen LogP) is 1.49. The van der Waals surface area contributed by atoms with Gasteiger partial charge in [0.2, 0.25) is 0 Å². The number of carbonyl (C=O) groups excluding carboxylic acids is 2. The highest BCUT2D eigenvalue weighted by atomic mass is 127. The normalized spacial score (nSPS) is 15.0. The van der Waals surface area contributed by atoms with Gasteiger partial charge in [-0.3, -0.25) is 0 Å². The van der Waals surface area contributed by atoms with Crippen LogP contribution in [-0.2, 0) is 14.3 Å². The fourth-order valence-corrected chi connectivity index (χ4v) is 2.13. The van der Waals surface area contributed by atoms with E-state index in [1.807, 2.05) is 22.6 Å². The number of hydrogen-bond donors (Lipinski definition) is 2. The summed E-state index contributed by atoms with van der Waals surface area (Å²) in [6.45, 7) is 0.0168. The minimum absolute atomic E-state index is 0.0168. The van der Waals surface area contributed by atoms with Crippen LogP contribution in [0.5, 0.6) is 0 Å². The predicted molar refractivity (Wildman–Crippen MR) is 92.3 cm³/mol. The molecule has 0 aliphatic carbocycles. The fourth-order valence-electron chi connectivity index (χ4n) is 1.66. The summed E-state index contributed by atoms with van der Waals surface area (Å²) in [4.78, 5) is 22.7. The van der Waals surface area contributed by atoms with Crippen LogP contribution in [0.3, 0.4) is 0 Å². The Hall–Kier alpha value is -1.45. The first-order valence-electron chi connectivity index (χ1n) is 6.92. The van der Waals surface area contributed by atoms with Crippen LogP contribution < -0.4 is 0 Å². The van der Waals surface area contributed by atoms with Crippen molar-refractivity contribution in [1.29, 1.82) is 0 Å². The maximum atomic E-state index is 11.8. The zero-order valence-corrected chi connectivity index (χ0v) is 14.8. The molecule has 1 aromatic carbocycles. The van der Waals surface area contributed by atoms with Gasteiger partial charge in [-0.1, -0.05) is 40.8 Å². The van der Waals surface area contributed by atoms with Gasteiger partial charge < -0.3 is 19.7 Å². The molecule has 0 saturated heterocycles. The molecule has 1 rings (SSSR count). The topological polar surface area (TPSA) is 93.1 Å². The summed E-state index contributed by atoms with van der Waals surface area (Å²) < 4.78 is 9.14. The number of hydrogen-bond acceptors (Lipinski definition) is 6. The Morgan fingerprint density at radius 3 is 2.52 bits per heavy atom. The molecule has 3 atom stereocenters. The minimum atomic E-state index is -0.994. The Morgan fingerprint density at radius 1 is 1.26 bits per heavy atom. The van der Waals surface area contributed by atoms with Crippen LogP contribution in [0.25, 0.3) is 0 Å². The Labute approximate surface area is 148 Å².